The average Bonchev–Trinajstić information content (AvgIpc) is 3.13. The number of fused-ring (bicyclic) bond motifs is 1. The van der Waals surface area contributed by atoms with Crippen LogP contribution in [0.2, 0.25) is 0 Å². The highest BCUT2D eigenvalue weighted by Crippen LogP contribution is 2.19. The molecule has 0 atom stereocenters. The molecular weight excluding hydrogens is 550 g/mol. The zero-order chi connectivity index (χ0) is 27.3. The number of aryl methyl sites for hydroxylation is 1. The summed E-state index contributed by atoms with van der Waals surface area (Å²) >= 11 is 3.54. The third-order valence-corrected chi connectivity index (χ3v) is 6.13. The van der Waals surface area contributed by atoms with Gasteiger partial charge in [0.15, 0.2) is 0 Å². The highest BCUT2D eigenvalue weighted by atomic mass is 79.9. The maximum Gasteiger partial charge on any atom is 0.437 e. The lowest BCUT2D eigenvalue weighted by molar-refractivity contribution is 0.0592. The molecule has 1 aromatic heterocycles. The first kappa shape index (κ1) is 27.2. The number of amides is 1. The van der Waals surface area contributed by atoms with Crippen LogP contribution in [-0.4, -0.2) is 38.5 Å². The number of carbonyl (C=O) groups is 2. The number of hydrogen-bond donors (Lipinski definition) is 1. The summed E-state index contributed by atoms with van der Waals surface area (Å²) in [6.07, 6.45) is -0.0600. The molecule has 1 amide bonds. The molecule has 0 saturated carbocycles. The zero-order valence-corrected chi connectivity index (χ0v) is 23.1. The molecular formula is C29H30BrN3O5. The first-order valence-electron chi connectivity index (χ1n) is 12.3. The molecule has 0 aliphatic carbocycles. The number of halogens is 1. The van der Waals surface area contributed by atoms with Crippen LogP contribution in [0.4, 0.5) is 4.79 Å². The number of rotatable bonds is 8. The Hall–Kier alpha value is -3.85. The lowest BCUT2D eigenvalue weighted by Gasteiger charge is -2.17. The molecule has 0 aliphatic rings. The van der Waals surface area contributed by atoms with Crippen molar-refractivity contribution < 1.29 is 24.2 Å². The number of aromatic nitrogens is 2. The Kier molecular flexibility index (Phi) is 8.36. The van der Waals surface area contributed by atoms with E-state index in [0.717, 1.165) is 21.1 Å². The summed E-state index contributed by atoms with van der Waals surface area (Å²) in [5.74, 6) is -0.511. The van der Waals surface area contributed by atoms with Crippen molar-refractivity contribution in [2.24, 2.45) is 4.99 Å². The van der Waals surface area contributed by atoms with Crippen molar-refractivity contribution in [3.8, 4) is 5.75 Å². The zero-order valence-electron chi connectivity index (χ0n) is 21.6. The number of carbonyl (C=O) groups excluding carboxylic acids is 1. The third kappa shape index (κ3) is 6.92. The summed E-state index contributed by atoms with van der Waals surface area (Å²) in [7, 11) is 0. The SMILES string of the molecule is CC(C)(C)OC(=O)/N=c1/n(CCCOc2cccc(C(=O)O)c2)c2ccccc2n1Cc1cccc(Br)c1. The summed E-state index contributed by atoms with van der Waals surface area (Å²) < 4.78 is 16.3. The van der Waals surface area contributed by atoms with Gasteiger partial charge < -0.3 is 23.7 Å². The standard InChI is InChI=1S/C29H30BrN3O5/c1-29(2,3)38-28(36)31-27-32(15-8-16-37-23-12-7-10-21(18-23)26(34)35)24-13-4-5-14-25(24)33(27)19-20-9-6-11-22(30)17-20/h4-7,9-14,17-18H,8,15-16,19H2,1-3H3,(H,34,35)/b31-27-. The molecule has 0 spiro atoms. The first-order chi connectivity index (χ1) is 18.1. The molecule has 0 saturated heterocycles. The predicted molar refractivity (Wildman–Crippen MR) is 148 cm³/mol. The van der Waals surface area contributed by atoms with E-state index in [2.05, 4.69) is 20.9 Å². The van der Waals surface area contributed by atoms with Crippen molar-refractivity contribution in [3.05, 3.63) is 94.0 Å². The Morgan fingerprint density at radius 2 is 1.66 bits per heavy atom. The van der Waals surface area contributed by atoms with Gasteiger partial charge in [-0.15, -0.1) is 4.99 Å². The third-order valence-electron chi connectivity index (χ3n) is 5.64. The number of para-hydroxylation sites is 2. The lowest BCUT2D eigenvalue weighted by atomic mass is 10.2. The van der Waals surface area contributed by atoms with Crippen LogP contribution in [0.1, 0.15) is 43.1 Å². The van der Waals surface area contributed by atoms with E-state index in [9.17, 15) is 14.7 Å². The van der Waals surface area contributed by atoms with Gasteiger partial charge in [-0.25, -0.2) is 9.59 Å². The maximum atomic E-state index is 12.8. The van der Waals surface area contributed by atoms with Gasteiger partial charge in [0.05, 0.1) is 29.7 Å². The molecule has 38 heavy (non-hydrogen) atoms. The van der Waals surface area contributed by atoms with Gasteiger partial charge in [0, 0.05) is 11.0 Å². The molecule has 9 heteroatoms. The summed E-state index contributed by atoms with van der Waals surface area (Å²) in [4.78, 5) is 28.5. The van der Waals surface area contributed by atoms with Crippen molar-refractivity contribution in [1.29, 1.82) is 0 Å². The predicted octanol–water partition coefficient (Wildman–Crippen LogP) is 6.26. The minimum Gasteiger partial charge on any atom is -0.494 e. The van der Waals surface area contributed by atoms with Crippen molar-refractivity contribution in [2.75, 3.05) is 6.61 Å². The van der Waals surface area contributed by atoms with E-state index < -0.39 is 17.7 Å². The summed E-state index contributed by atoms with van der Waals surface area (Å²) in [6, 6.07) is 22.3. The molecule has 4 aromatic rings. The number of carboxylic acid groups (broad SMARTS) is 1. The van der Waals surface area contributed by atoms with E-state index in [0.29, 0.717) is 37.5 Å². The van der Waals surface area contributed by atoms with Crippen LogP contribution in [0.25, 0.3) is 11.0 Å². The molecule has 0 radical (unpaired) electrons. The van der Waals surface area contributed by atoms with E-state index in [1.807, 2.05) is 78.4 Å². The van der Waals surface area contributed by atoms with Gasteiger partial charge in [-0.05, 0) is 75.2 Å². The molecule has 198 valence electrons. The molecule has 8 nitrogen and oxygen atoms in total. The Morgan fingerprint density at radius 3 is 2.34 bits per heavy atom. The molecule has 3 aromatic carbocycles. The van der Waals surface area contributed by atoms with Gasteiger partial charge in [0.2, 0.25) is 5.62 Å². The Bertz CT molecular complexity index is 1530. The molecule has 1 N–H and O–H groups in total. The quantitative estimate of drug-likeness (QED) is 0.249. The van der Waals surface area contributed by atoms with E-state index in [-0.39, 0.29) is 5.56 Å². The fourth-order valence-electron chi connectivity index (χ4n) is 4.09. The first-order valence-corrected chi connectivity index (χ1v) is 13.1. The fourth-order valence-corrected chi connectivity index (χ4v) is 4.54. The normalized spacial score (nSPS) is 12.1. The number of aromatic carboxylic acids is 1. The van der Waals surface area contributed by atoms with Crippen LogP contribution >= 0.6 is 15.9 Å². The molecule has 0 fully saturated rings. The fraction of sp³-hybridized carbons (Fsp3) is 0.276. The highest BCUT2D eigenvalue weighted by Gasteiger charge is 2.18. The second-order valence-corrected chi connectivity index (χ2v) is 10.7. The van der Waals surface area contributed by atoms with Crippen molar-refractivity contribution in [2.45, 2.75) is 45.9 Å². The number of imidazole rings is 1. The van der Waals surface area contributed by atoms with Crippen LogP contribution in [0.3, 0.4) is 0 Å². The van der Waals surface area contributed by atoms with Crippen LogP contribution in [0, 0.1) is 0 Å². The number of ether oxygens (including phenoxy) is 2. The molecule has 0 aliphatic heterocycles. The molecule has 0 unspecified atom stereocenters. The van der Waals surface area contributed by atoms with Gasteiger partial charge >= 0.3 is 12.1 Å². The summed E-state index contributed by atoms with van der Waals surface area (Å²) in [5, 5.41) is 9.21. The average molecular weight is 580 g/mol. The largest absolute Gasteiger partial charge is 0.494 e. The van der Waals surface area contributed by atoms with Gasteiger partial charge in [-0.1, -0.05) is 46.3 Å². The van der Waals surface area contributed by atoms with Gasteiger partial charge in [-0.3, -0.25) is 0 Å². The molecule has 0 bridgehead atoms. The van der Waals surface area contributed by atoms with Crippen LogP contribution in [0.15, 0.2) is 82.3 Å². The summed E-state index contributed by atoms with van der Waals surface area (Å²) in [5.41, 5.74) is 2.89. The smallest absolute Gasteiger partial charge is 0.437 e. The highest BCUT2D eigenvalue weighted by molar-refractivity contribution is 9.10. The summed E-state index contributed by atoms with van der Waals surface area (Å²) in [6.45, 7) is 6.80. The van der Waals surface area contributed by atoms with Crippen LogP contribution in [0.5, 0.6) is 5.75 Å². The van der Waals surface area contributed by atoms with Crippen molar-refractivity contribution >= 4 is 39.0 Å². The Labute approximate surface area is 229 Å². The van der Waals surface area contributed by atoms with E-state index >= 15 is 0 Å². The van der Waals surface area contributed by atoms with Gasteiger partial charge in [0.1, 0.15) is 11.4 Å². The monoisotopic (exact) mass is 579 g/mol. The number of carboxylic acids is 1. The minimum atomic E-state index is -1.00. The van der Waals surface area contributed by atoms with E-state index in [1.165, 1.54) is 12.1 Å². The second kappa shape index (κ2) is 11.7. The van der Waals surface area contributed by atoms with E-state index in [1.54, 1.807) is 12.1 Å². The topological polar surface area (TPSA) is 95.0 Å². The molecule has 4 rings (SSSR count). The van der Waals surface area contributed by atoms with Gasteiger partial charge in [0.25, 0.3) is 0 Å². The van der Waals surface area contributed by atoms with Crippen LogP contribution < -0.4 is 10.4 Å². The minimum absolute atomic E-state index is 0.172. The van der Waals surface area contributed by atoms with Crippen LogP contribution in [-0.2, 0) is 17.8 Å². The number of hydrogen-bond acceptors (Lipinski definition) is 4. The van der Waals surface area contributed by atoms with Crippen molar-refractivity contribution in [3.63, 3.8) is 0 Å². The lowest BCUT2D eigenvalue weighted by Crippen LogP contribution is -2.30. The Morgan fingerprint density at radius 1 is 0.947 bits per heavy atom. The van der Waals surface area contributed by atoms with Gasteiger partial charge in [-0.2, -0.15) is 0 Å². The maximum absolute atomic E-state index is 12.8. The Balaban J connectivity index is 1.68. The van der Waals surface area contributed by atoms with Crippen molar-refractivity contribution in [1.82, 2.24) is 9.13 Å². The number of nitrogens with zero attached hydrogens (tertiary/aromatic N) is 3. The molecule has 1 heterocycles. The van der Waals surface area contributed by atoms with E-state index in [4.69, 9.17) is 9.47 Å². The number of benzene rings is 3. The second-order valence-electron chi connectivity index (χ2n) is 9.78.